The number of rotatable bonds is 8. The van der Waals surface area contributed by atoms with E-state index in [1.807, 2.05) is 38.1 Å². The van der Waals surface area contributed by atoms with Gasteiger partial charge in [-0.3, -0.25) is 4.79 Å². The summed E-state index contributed by atoms with van der Waals surface area (Å²) < 4.78 is 28.9. The molecule has 3 rings (SSSR count). The standard InChI is InChI=1S/C24H23BrCl2N2O3S/c1-16-6-10-22(11-7-16)33(31,32)29(14-19-8-9-21(26)13-23(19)27)15-24(30)28-17(2)18-4-3-5-20(25)12-18/h3-13,17H,14-15H2,1-2H3,(H,28,30)/t17-/m0/s1. The fraction of sp³-hybridized carbons (Fsp3) is 0.208. The molecule has 1 N–H and O–H groups in total. The van der Waals surface area contributed by atoms with Crippen LogP contribution >= 0.6 is 39.1 Å². The van der Waals surface area contributed by atoms with Crippen molar-refractivity contribution < 1.29 is 13.2 Å². The molecule has 0 aromatic heterocycles. The van der Waals surface area contributed by atoms with E-state index in [0.717, 1.165) is 19.9 Å². The van der Waals surface area contributed by atoms with Gasteiger partial charge in [0.15, 0.2) is 0 Å². The maximum absolute atomic E-state index is 13.4. The average molecular weight is 570 g/mol. The summed E-state index contributed by atoms with van der Waals surface area (Å²) >= 11 is 15.7. The summed E-state index contributed by atoms with van der Waals surface area (Å²) in [5.41, 5.74) is 2.37. The zero-order valence-electron chi connectivity index (χ0n) is 18.1. The molecule has 33 heavy (non-hydrogen) atoms. The summed E-state index contributed by atoms with van der Waals surface area (Å²) in [4.78, 5) is 13.0. The number of nitrogens with zero attached hydrogens (tertiary/aromatic N) is 1. The fourth-order valence-corrected chi connectivity index (χ4v) is 5.49. The van der Waals surface area contributed by atoms with Crippen LogP contribution < -0.4 is 5.32 Å². The van der Waals surface area contributed by atoms with Crippen LogP contribution in [0.1, 0.15) is 29.7 Å². The first-order chi connectivity index (χ1) is 15.6. The summed E-state index contributed by atoms with van der Waals surface area (Å²) in [5.74, 6) is -0.428. The molecular weight excluding hydrogens is 547 g/mol. The van der Waals surface area contributed by atoms with E-state index < -0.39 is 15.9 Å². The maximum atomic E-state index is 13.4. The molecule has 0 unspecified atom stereocenters. The first-order valence-corrected chi connectivity index (χ1v) is 13.1. The second kappa shape index (κ2) is 11.0. The Balaban J connectivity index is 1.87. The second-order valence-electron chi connectivity index (χ2n) is 7.67. The van der Waals surface area contributed by atoms with Gasteiger partial charge in [0.05, 0.1) is 17.5 Å². The van der Waals surface area contributed by atoms with Gasteiger partial charge >= 0.3 is 0 Å². The van der Waals surface area contributed by atoms with Gasteiger partial charge in [-0.1, -0.05) is 75.0 Å². The van der Waals surface area contributed by atoms with Gasteiger partial charge in [-0.15, -0.1) is 0 Å². The Morgan fingerprint density at radius 2 is 1.76 bits per heavy atom. The number of hydrogen-bond donors (Lipinski definition) is 1. The van der Waals surface area contributed by atoms with Gasteiger partial charge in [0.25, 0.3) is 0 Å². The van der Waals surface area contributed by atoms with Crippen molar-refractivity contribution in [1.29, 1.82) is 0 Å². The predicted molar refractivity (Wildman–Crippen MR) is 136 cm³/mol. The summed E-state index contributed by atoms with van der Waals surface area (Å²) in [5, 5.41) is 3.65. The lowest BCUT2D eigenvalue weighted by atomic mass is 10.1. The van der Waals surface area contributed by atoms with Gasteiger partial charge in [0.2, 0.25) is 15.9 Å². The summed E-state index contributed by atoms with van der Waals surface area (Å²) in [7, 11) is -3.97. The van der Waals surface area contributed by atoms with Crippen molar-refractivity contribution in [3.8, 4) is 0 Å². The highest BCUT2D eigenvalue weighted by atomic mass is 79.9. The van der Waals surface area contributed by atoms with E-state index in [1.54, 1.807) is 30.3 Å². The van der Waals surface area contributed by atoms with Crippen LogP contribution in [0, 0.1) is 6.92 Å². The van der Waals surface area contributed by atoms with Crippen molar-refractivity contribution >= 4 is 55.1 Å². The van der Waals surface area contributed by atoms with Crippen LogP contribution in [0.4, 0.5) is 0 Å². The minimum Gasteiger partial charge on any atom is -0.348 e. The molecule has 3 aromatic rings. The highest BCUT2D eigenvalue weighted by Crippen LogP contribution is 2.25. The molecule has 0 bridgehead atoms. The Kier molecular flexibility index (Phi) is 8.59. The monoisotopic (exact) mass is 568 g/mol. The Bertz CT molecular complexity index is 1250. The molecule has 0 heterocycles. The minimum atomic E-state index is -3.97. The predicted octanol–water partition coefficient (Wildman–Crippen LogP) is 6.13. The smallest absolute Gasteiger partial charge is 0.243 e. The van der Waals surface area contributed by atoms with E-state index in [9.17, 15) is 13.2 Å². The zero-order valence-corrected chi connectivity index (χ0v) is 22.0. The quantitative estimate of drug-likeness (QED) is 0.355. The number of carbonyl (C=O) groups excluding carboxylic acids is 1. The van der Waals surface area contributed by atoms with Crippen LogP contribution in [0.15, 0.2) is 76.1 Å². The van der Waals surface area contributed by atoms with Crippen molar-refractivity contribution in [3.63, 3.8) is 0 Å². The van der Waals surface area contributed by atoms with Crippen molar-refractivity contribution in [3.05, 3.63) is 97.9 Å². The number of nitrogens with one attached hydrogen (secondary N) is 1. The fourth-order valence-electron chi connectivity index (χ4n) is 3.23. The zero-order chi connectivity index (χ0) is 24.2. The molecule has 1 amide bonds. The normalized spacial score (nSPS) is 12.5. The van der Waals surface area contributed by atoms with E-state index >= 15 is 0 Å². The molecule has 174 valence electrons. The van der Waals surface area contributed by atoms with E-state index in [0.29, 0.717) is 15.6 Å². The number of amides is 1. The van der Waals surface area contributed by atoms with Crippen LogP contribution in [-0.2, 0) is 21.4 Å². The lowest BCUT2D eigenvalue weighted by molar-refractivity contribution is -0.122. The molecule has 0 fully saturated rings. The molecule has 0 saturated carbocycles. The molecule has 0 spiro atoms. The van der Waals surface area contributed by atoms with Crippen molar-refractivity contribution in [2.45, 2.75) is 31.3 Å². The molecule has 0 aliphatic carbocycles. The highest BCUT2D eigenvalue weighted by molar-refractivity contribution is 9.10. The van der Waals surface area contributed by atoms with Crippen LogP contribution in [-0.4, -0.2) is 25.2 Å². The van der Waals surface area contributed by atoms with Gasteiger partial charge in [0, 0.05) is 21.1 Å². The first kappa shape index (κ1) is 25.7. The number of carbonyl (C=O) groups is 1. The first-order valence-electron chi connectivity index (χ1n) is 10.1. The van der Waals surface area contributed by atoms with Gasteiger partial charge in [-0.2, -0.15) is 4.31 Å². The second-order valence-corrected chi connectivity index (χ2v) is 11.4. The lowest BCUT2D eigenvalue weighted by Crippen LogP contribution is -2.41. The third-order valence-electron chi connectivity index (χ3n) is 5.07. The van der Waals surface area contributed by atoms with Crippen LogP contribution in [0.5, 0.6) is 0 Å². The molecule has 3 aromatic carbocycles. The van der Waals surface area contributed by atoms with Gasteiger partial charge in [-0.25, -0.2) is 8.42 Å². The summed E-state index contributed by atoms with van der Waals surface area (Å²) in [6.45, 7) is 3.27. The highest BCUT2D eigenvalue weighted by Gasteiger charge is 2.28. The van der Waals surface area contributed by atoms with E-state index in [4.69, 9.17) is 23.2 Å². The number of sulfonamides is 1. The molecule has 9 heteroatoms. The molecule has 0 aliphatic rings. The molecule has 0 radical (unpaired) electrons. The van der Waals surface area contributed by atoms with Crippen molar-refractivity contribution in [2.24, 2.45) is 0 Å². The van der Waals surface area contributed by atoms with E-state index in [1.165, 1.54) is 12.1 Å². The molecule has 1 atom stereocenters. The largest absolute Gasteiger partial charge is 0.348 e. The third-order valence-corrected chi connectivity index (χ3v) is 7.95. The average Bonchev–Trinajstić information content (AvgIpc) is 2.75. The maximum Gasteiger partial charge on any atom is 0.243 e. The Morgan fingerprint density at radius 1 is 1.06 bits per heavy atom. The van der Waals surface area contributed by atoms with Crippen molar-refractivity contribution in [2.75, 3.05) is 6.54 Å². The van der Waals surface area contributed by atoms with Crippen LogP contribution in [0.3, 0.4) is 0 Å². The topological polar surface area (TPSA) is 66.5 Å². The SMILES string of the molecule is Cc1ccc(S(=O)(=O)N(CC(=O)N[C@@H](C)c2cccc(Br)c2)Cc2ccc(Cl)cc2Cl)cc1. The number of benzene rings is 3. The van der Waals surface area contributed by atoms with Gasteiger partial charge in [-0.05, 0) is 61.4 Å². The third kappa shape index (κ3) is 6.80. The number of aryl methyl sites for hydroxylation is 1. The Labute approximate surface area is 212 Å². The Morgan fingerprint density at radius 3 is 2.39 bits per heavy atom. The lowest BCUT2D eigenvalue weighted by Gasteiger charge is -2.24. The minimum absolute atomic E-state index is 0.0785. The van der Waals surface area contributed by atoms with Crippen LogP contribution in [0.25, 0.3) is 0 Å². The van der Waals surface area contributed by atoms with Gasteiger partial charge in [0.1, 0.15) is 0 Å². The number of hydrogen-bond acceptors (Lipinski definition) is 3. The molecule has 5 nitrogen and oxygen atoms in total. The number of halogens is 3. The Hall–Kier alpha value is -1.90. The molecule has 0 aliphatic heterocycles. The summed E-state index contributed by atoms with van der Waals surface area (Å²) in [6, 6.07) is 18.6. The summed E-state index contributed by atoms with van der Waals surface area (Å²) in [6.07, 6.45) is 0. The van der Waals surface area contributed by atoms with Crippen molar-refractivity contribution in [1.82, 2.24) is 9.62 Å². The van der Waals surface area contributed by atoms with E-state index in [-0.39, 0.29) is 24.0 Å². The van der Waals surface area contributed by atoms with Gasteiger partial charge < -0.3 is 5.32 Å². The van der Waals surface area contributed by atoms with E-state index in [2.05, 4.69) is 21.2 Å². The molecular formula is C24H23BrCl2N2O3S. The van der Waals surface area contributed by atoms with Crippen LogP contribution in [0.2, 0.25) is 10.0 Å². The molecule has 0 saturated heterocycles.